The molecule has 1 amide bonds. The quantitative estimate of drug-likeness (QED) is 0.813. The van der Waals surface area contributed by atoms with Gasteiger partial charge in [-0.2, -0.15) is 0 Å². The molecule has 130 valence electrons. The molecule has 2 rings (SSSR count). The van der Waals surface area contributed by atoms with Gasteiger partial charge in [-0.25, -0.2) is 4.39 Å². The summed E-state index contributed by atoms with van der Waals surface area (Å²) in [6.07, 6.45) is 2.52. The molecule has 0 unspecified atom stereocenters. The van der Waals surface area contributed by atoms with Crippen LogP contribution in [0.3, 0.4) is 0 Å². The van der Waals surface area contributed by atoms with E-state index < -0.39 is 5.83 Å². The summed E-state index contributed by atoms with van der Waals surface area (Å²) in [6, 6.07) is 7.42. The van der Waals surface area contributed by atoms with E-state index in [2.05, 4.69) is 28.7 Å². The highest BCUT2D eigenvalue weighted by Gasteiger charge is 2.11. The number of carbonyl (C=O) groups is 1. The molecular formula is C19H26FN3O. The summed E-state index contributed by atoms with van der Waals surface area (Å²) in [5, 5.41) is 5.90. The van der Waals surface area contributed by atoms with E-state index in [1.54, 1.807) is 12.1 Å². The summed E-state index contributed by atoms with van der Waals surface area (Å²) in [6.45, 7) is 14.6. The molecule has 2 N–H and O–H groups in total. The van der Waals surface area contributed by atoms with E-state index in [-0.39, 0.29) is 5.91 Å². The molecule has 0 radical (unpaired) electrons. The second-order valence-corrected chi connectivity index (χ2v) is 5.04. The van der Waals surface area contributed by atoms with Crippen LogP contribution in [0.25, 0.3) is 0 Å². The van der Waals surface area contributed by atoms with Crippen LogP contribution >= 0.6 is 0 Å². The summed E-state index contributed by atoms with van der Waals surface area (Å²) < 4.78 is 12.5. The average molecular weight is 331 g/mol. The zero-order chi connectivity index (χ0) is 17.9. The molecule has 1 aromatic carbocycles. The standard InChI is InChI=1S/C17H20FN3O.C2H6/c1-13(18)3-4-14(2)20-17(22)15-5-7-16(8-6-15)21-11-9-19-10-12-21;1-2/h3-8,19H,1-2,9-12H2,(H,20,22);1-2H3/b4-3-;. The minimum Gasteiger partial charge on any atom is -0.369 e. The lowest BCUT2D eigenvalue weighted by molar-refractivity contribution is 0.0967. The molecule has 4 nitrogen and oxygen atoms in total. The molecule has 0 spiro atoms. The molecule has 5 heteroatoms. The van der Waals surface area contributed by atoms with Gasteiger partial charge in [0, 0.05) is 43.1 Å². The fourth-order valence-electron chi connectivity index (χ4n) is 2.20. The van der Waals surface area contributed by atoms with E-state index in [1.807, 2.05) is 26.0 Å². The van der Waals surface area contributed by atoms with Crippen molar-refractivity contribution in [2.75, 3.05) is 31.1 Å². The molecule has 0 saturated carbocycles. The first-order valence-electron chi connectivity index (χ1n) is 8.15. The van der Waals surface area contributed by atoms with Crippen LogP contribution in [0.5, 0.6) is 0 Å². The van der Waals surface area contributed by atoms with Crippen LogP contribution in [0.1, 0.15) is 24.2 Å². The Kier molecular flexibility index (Phi) is 8.50. The molecule has 1 saturated heterocycles. The van der Waals surface area contributed by atoms with Crippen molar-refractivity contribution in [3.8, 4) is 0 Å². The van der Waals surface area contributed by atoms with Crippen molar-refractivity contribution in [2.45, 2.75) is 13.8 Å². The van der Waals surface area contributed by atoms with E-state index in [1.165, 1.54) is 6.08 Å². The first-order chi connectivity index (χ1) is 11.6. The van der Waals surface area contributed by atoms with E-state index in [4.69, 9.17) is 0 Å². The number of hydrogen-bond acceptors (Lipinski definition) is 3. The number of anilines is 1. The van der Waals surface area contributed by atoms with Gasteiger partial charge in [-0.3, -0.25) is 4.79 Å². The number of carbonyl (C=O) groups excluding carboxylic acids is 1. The number of nitrogens with zero attached hydrogens (tertiary/aromatic N) is 1. The first kappa shape index (κ1) is 19.6. The predicted octanol–water partition coefficient (Wildman–Crippen LogP) is 3.41. The van der Waals surface area contributed by atoms with Gasteiger partial charge in [0.25, 0.3) is 5.91 Å². The highest BCUT2D eigenvalue weighted by molar-refractivity contribution is 5.95. The van der Waals surface area contributed by atoms with Gasteiger partial charge >= 0.3 is 0 Å². The lowest BCUT2D eigenvalue weighted by Crippen LogP contribution is -2.43. The molecule has 0 aliphatic carbocycles. The molecular weight excluding hydrogens is 305 g/mol. The summed E-state index contributed by atoms with van der Waals surface area (Å²) in [5.74, 6) is -0.859. The third kappa shape index (κ3) is 6.38. The molecule has 1 aromatic rings. The van der Waals surface area contributed by atoms with Gasteiger partial charge < -0.3 is 15.5 Å². The normalized spacial score (nSPS) is 13.9. The zero-order valence-corrected chi connectivity index (χ0v) is 14.4. The minimum atomic E-state index is -0.587. The lowest BCUT2D eigenvalue weighted by Gasteiger charge is -2.29. The van der Waals surface area contributed by atoms with Crippen LogP contribution in [0, 0.1) is 0 Å². The maximum atomic E-state index is 12.5. The number of nitrogens with one attached hydrogen (secondary N) is 2. The Bertz CT molecular complexity index is 587. The molecule has 0 bridgehead atoms. The van der Waals surface area contributed by atoms with Gasteiger partial charge in [-0.05, 0) is 36.4 Å². The Morgan fingerprint density at radius 3 is 2.29 bits per heavy atom. The van der Waals surface area contributed by atoms with Crippen LogP contribution in [-0.2, 0) is 0 Å². The third-order valence-electron chi connectivity index (χ3n) is 3.35. The van der Waals surface area contributed by atoms with Gasteiger partial charge in [-0.15, -0.1) is 0 Å². The van der Waals surface area contributed by atoms with Gasteiger partial charge in [-0.1, -0.05) is 27.0 Å². The van der Waals surface area contributed by atoms with Crippen molar-refractivity contribution < 1.29 is 9.18 Å². The number of rotatable bonds is 5. The zero-order valence-electron chi connectivity index (χ0n) is 14.4. The van der Waals surface area contributed by atoms with Crippen molar-refractivity contribution in [3.63, 3.8) is 0 Å². The fraction of sp³-hybridized carbons (Fsp3) is 0.316. The van der Waals surface area contributed by atoms with Crippen LogP contribution in [0.15, 0.2) is 61.1 Å². The first-order valence-corrected chi connectivity index (χ1v) is 8.15. The van der Waals surface area contributed by atoms with Gasteiger partial charge in [0.1, 0.15) is 5.83 Å². The lowest BCUT2D eigenvalue weighted by atomic mass is 10.1. The summed E-state index contributed by atoms with van der Waals surface area (Å²) >= 11 is 0. The monoisotopic (exact) mass is 331 g/mol. The van der Waals surface area contributed by atoms with Crippen molar-refractivity contribution in [1.82, 2.24) is 10.6 Å². The molecule has 0 aromatic heterocycles. The van der Waals surface area contributed by atoms with Gasteiger partial charge in [0.05, 0.1) is 0 Å². The van der Waals surface area contributed by atoms with E-state index in [0.29, 0.717) is 11.3 Å². The Labute approximate surface area is 143 Å². The van der Waals surface area contributed by atoms with Crippen molar-refractivity contribution in [1.29, 1.82) is 0 Å². The SMILES string of the molecule is C=C(F)/C=C\C(=C)NC(=O)c1ccc(N2CCNCC2)cc1.CC. The molecule has 1 fully saturated rings. The molecule has 0 atom stereocenters. The summed E-state index contributed by atoms with van der Waals surface area (Å²) in [4.78, 5) is 14.3. The number of amides is 1. The van der Waals surface area contributed by atoms with Gasteiger partial charge in [0.2, 0.25) is 0 Å². The smallest absolute Gasteiger partial charge is 0.255 e. The van der Waals surface area contributed by atoms with Crippen molar-refractivity contribution in [3.05, 3.63) is 66.7 Å². The number of halogens is 1. The molecule has 1 aliphatic heterocycles. The number of benzene rings is 1. The Morgan fingerprint density at radius 2 is 1.75 bits per heavy atom. The van der Waals surface area contributed by atoms with Crippen molar-refractivity contribution >= 4 is 11.6 Å². The second-order valence-electron chi connectivity index (χ2n) is 5.04. The Balaban J connectivity index is 0.00000139. The minimum absolute atomic E-state index is 0.272. The summed E-state index contributed by atoms with van der Waals surface area (Å²) in [5.41, 5.74) is 1.95. The van der Waals surface area contributed by atoms with Crippen LogP contribution in [0.4, 0.5) is 10.1 Å². The predicted molar refractivity (Wildman–Crippen MR) is 98.9 cm³/mol. The Hall–Kier alpha value is -2.40. The maximum Gasteiger partial charge on any atom is 0.255 e. The molecule has 1 aliphatic rings. The highest BCUT2D eigenvalue weighted by atomic mass is 19.1. The highest BCUT2D eigenvalue weighted by Crippen LogP contribution is 2.16. The van der Waals surface area contributed by atoms with Gasteiger partial charge in [0.15, 0.2) is 0 Å². The van der Waals surface area contributed by atoms with Crippen LogP contribution in [0.2, 0.25) is 0 Å². The Morgan fingerprint density at radius 1 is 1.17 bits per heavy atom. The van der Waals surface area contributed by atoms with Crippen LogP contribution in [-0.4, -0.2) is 32.1 Å². The fourth-order valence-corrected chi connectivity index (χ4v) is 2.20. The summed E-state index contributed by atoms with van der Waals surface area (Å²) in [7, 11) is 0. The number of allylic oxidation sites excluding steroid dienone is 3. The van der Waals surface area contributed by atoms with E-state index in [9.17, 15) is 9.18 Å². The van der Waals surface area contributed by atoms with E-state index in [0.717, 1.165) is 37.9 Å². The third-order valence-corrected chi connectivity index (χ3v) is 3.35. The second kappa shape index (κ2) is 10.4. The molecule has 24 heavy (non-hydrogen) atoms. The van der Waals surface area contributed by atoms with E-state index >= 15 is 0 Å². The number of hydrogen-bond donors (Lipinski definition) is 2. The van der Waals surface area contributed by atoms with Crippen LogP contribution < -0.4 is 15.5 Å². The number of piperazine rings is 1. The molecule has 1 heterocycles. The maximum absolute atomic E-state index is 12.5. The topological polar surface area (TPSA) is 44.4 Å². The van der Waals surface area contributed by atoms with Crippen molar-refractivity contribution in [2.24, 2.45) is 0 Å². The average Bonchev–Trinajstić information content (AvgIpc) is 2.62. The largest absolute Gasteiger partial charge is 0.369 e.